The van der Waals surface area contributed by atoms with Crippen molar-refractivity contribution in [3.8, 4) is 0 Å². The van der Waals surface area contributed by atoms with Crippen molar-refractivity contribution in [3.05, 3.63) is 251 Å². The molecule has 0 bridgehead atoms. The monoisotopic (exact) mass is 820 g/mol. The second-order valence-corrected chi connectivity index (χ2v) is 16.6. The topological polar surface area (TPSA) is 16.2 Å². The van der Waals surface area contributed by atoms with Crippen LogP contribution in [0.15, 0.2) is 212 Å². The third kappa shape index (κ3) is 16.0. The predicted molar refractivity (Wildman–Crippen MR) is 259 cm³/mol. The molecule has 7 aromatic carbocycles. The van der Waals surface area contributed by atoms with Gasteiger partial charge in [-0.3, -0.25) is 24.5 Å². The summed E-state index contributed by atoms with van der Waals surface area (Å²) in [6.07, 6.45) is 0. The van der Waals surface area contributed by atoms with Gasteiger partial charge >= 0.3 is 0 Å². The van der Waals surface area contributed by atoms with Gasteiger partial charge in [0.2, 0.25) is 0 Å². The van der Waals surface area contributed by atoms with Gasteiger partial charge in [-0.05, 0) is 38.9 Å². The Bertz CT molecular complexity index is 1970. The number of hydrogen-bond donors (Lipinski definition) is 0. The van der Waals surface area contributed by atoms with E-state index in [1.54, 1.807) is 0 Å². The van der Waals surface area contributed by atoms with E-state index in [-0.39, 0.29) is 0 Å². The molecule has 318 valence electrons. The van der Waals surface area contributed by atoms with Crippen LogP contribution in [-0.4, -0.2) is 76.9 Å². The largest absolute Gasteiger partial charge is 0.297 e. The van der Waals surface area contributed by atoms with Crippen LogP contribution in [0, 0.1) is 0 Å². The van der Waals surface area contributed by atoms with E-state index >= 15 is 0 Å². The van der Waals surface area contributed by atoms with E-state index in [1.165, 1.54) is 38.9 Å². The summed E-state index contributed by atoms with van der Waals surface area (Å²) in [5, 5.41) is 0. The molecule has 0 spiro atoms. The van der Waals surface area contributed by atoms with Gasteiger partial charge in [-0.15, -0.1) is 0 Å². The van der Waals surface area contributed by atoms with Gasteiger partial charge in [-0.25, -0.2) is 0 Å². The van der Waals surface area contributed by atoms with Crippen molar-refractivity contribution in [1.29, 1.82) is 0 Å². The minimum Gasteiger partial charge on any atom is -0.297 e. The number of hydrogen-bond acceptors (Lipinski definition) is 5. The number of benzene rings is 7. The molecule has 0 aliphatic rings. The Morgan fingerprint density at radius 2 is 0.290 bits per heavy atom. The average molecular weight is 820 g/mol. The fourth-order valence-electron chi connectivity index (χ4n) is 8.26. The molecule has 0 aliphatic heterocycles. The fraction of sp³-hybridized carbons (Fsp3) is 0.263. The molecule has 0 saturated carbocycles. The van der Waals surface area contributed by atoms with Crippen LogP contribution in [0.3, 0.4) is 0 Å². The molecule has 7 rings (SSSR count). The molecule has 0 atom stereocenters. The Balaban J connectivity index is 1.06. The summed E-state index contributed by atoms with van der Waals surface area (Å²) in [6.45, 7) is 14.5. The Hall–Kier alpha value is -5.66. The van der Waals surface area contributed by atoms with E-state index in [0.717, 1.165) is 98.2 Å². The van der Waals surface area contributed by atoms with Crippen molar-refractivity contribution in [2.24, 2.45) is 0 Å². The Kier molecular flexibility index (Phi) is 18.1. The molecule has 0 amide bonds. The smallest absolute Gasteiger partial charge is 0.0237 e. The van der Waals surface area contributed by atoms with Crippen molar-refractivity contribution >= 4 is 0 Å². The summed E-state index contributed by atoms with van der Waals surface area (Å²) in [7, 11) is 0. The second-order valence-electron chi connectivity index (χ2n) is 16.6. The first kappa shape index (κ1) is 44.4. The highest BCUT2D eigenvalue weighted by molar-refractivity contribution is 5.20. The fourth-order valence-corrected chi connectivity index (χ4v) is 8.26. The lowest BCUT2D eigenvalue weighted by molar-refractivity contribution is 0.140. The first-order valence-electron chi connectivity index (χ1n) is 22.6. The molecule has 0 radical (unpaired) electrons. The molecule has 62 heavy (non-hydrogen) atoms. The van der Waals surface area contributed by atoms with Gasteiger partial charge in [0.05, 0.1) is 0 Å². The molecule has 5 nitrogen and oxygen atoms in total. The van der Waals surface area contributed by atoms with Gasteiger partial charge in [0.25, 0.3) is 0 Å². The van der Waals surface area contributed by atoms with Crippen LogP contribution in [-0.2, 0) is 45.8 Å². The van der Waals surface area contributed by atoms with E-state index in [9.17, 15) is 0 Å². The summed E-state index contributed by atoms with van der Waals surface area (Å²) in [6, 6.07) is 76.9. The second kappa shape index (κ2) is 25.3. The molecule has 7 aromatic rings. The normalized spacial score (nSPS) is 11.6. The van der Waals surface area contributed by atoms with E-state index in [4.69, 9.17) is 0 Å². The summed E-state index contributed by atoms with van der Waals surface area (Å²) in [4.78, 5) is 13.3. The van der Waals surface area contributed by atoms with Gasteiger partial charge in [-0.1, -0.05) is 212 Å². The molecule has 0 saturated heterocycles. The summed E-state index contributed by atoms with van der Waals surface area (Å²) < 4.78 is 0. The summed E-state index contributed by atoms with van der Waals surface area (Å²) in [5.74, 6) is 0. The zero-order valence-electron chi connectivity index (χ0n) is 36.5. The van der Waals surface area contributed by atoms with Gasteiger partial charge in [0.1, 0.15) is 0 Å². The van der Waals surface area contributed by atoms with Crippen molar-refractivity contribution < 1.29 is 0 Å². The van der Waals surface area contributed by atoms with E-state index in [2.05, 4.69) is 237 Å². The molecule has 0 aliphatic carbocycles. The van der Waals surface area contributed by atoms with E-state index in [1.807, 2.05) is 0 Å². The van der Waals surface area contributed by atoms with Gasteiger partial charge in [0, 0.05) is 98.2 Å². The molecule has 5 heteroatoms. The molecule has 0 N–H and O–H groups in total. The highest BCUT2D eigenvalue weighted by Gasteiger charge is 2.17. The Labute approximate surface area is 372 Å². The van der Waals surface area contributed by atoms with Crippen molar-refractivity contribution in [3.63, 3.8) is 0 Å². The molecular formula is C57H65N5. The Morgan fingerprint density at radius 3 is 0.452 bits per heavy atom. The highest BCUT2D eigenvalue weighted by Crippen LogP contribution is 2.15. The number of nitrogens with zero attached hydrogens (tertiary/aromatic N) is 5. The third-order valence-corrected chi connectivity index (χ3v) is 11.7. The van der Waals surface area contributed by atoms with Gasteiger partial charge in [-0.2, -0.15) is 0 Å². The molecule has 0 heterocycles. The first-order chi connectivity index (χ1) is 30.7. The van der Waals surface area contributed by atoms with Gasteiger partial charge < -0.3 is 0 Å². The van der Waals surface area contributed by atoms with E-state index < -0.39 is 0 Å². The van der Waals surface area contributed by atoms with Crippen LogP contribution < -0.4 is 0 Å². The highest BCUT2D eigenvalue weighted by atomic mass is 15.2. The van der Waals surface area contributed by atoms with Crippen LogP contribution in [0.5, 0.6) is 0 Å². The molecular weight excluding hydrogens is 755 g/mol. The van der Waals surface area contributed by atoms with Crippen LogP contribution in [0.1, 0.15) is 38.9 Å². The van der Waals surface area contributed by atoms with Crippen LogP contribution in [0.2, 0.25) is 0 Å². The SMILES string of the molecule is c1ccc(CN(CCN(CCN(Cc2ccccc2)Cc2ccccc2)Cc2ccccc2)CCN(CCN(Cc2ccccc2)Cc2ccccc2)Cc2ccccc2)cc1. The zero-order chi connectivity index (χ0) is 42.3. The predicted octanol–water partition coefficient (Wildman–Crippen LogP) is 10.9. The lowest BCUT2D eigenvalue weighted by atomic mass is 10.1. The van der Waals surface area contributed by atoms with Crippen LogP contribution >= 0.6 is 0 Å². The maximum atomic E-state index is 2.70. The average Bonchev–Trinajstić information content (AvgIpc) is 3.32. The first-order valence-corrected chi connectivity index (χ1v) is 22.6. The van der Waals surface area contributed by atoms with Crippen LogP contribution in [0.4, 0.5) is 0 Å². The lowest BCUT2D eigenvalue weighted by Crippen LogP contribution is -2.42. The quantitative estimate of drug-likeness (QED) is 0.0539. The lowest BCUT2D eigenvalue weighted by Gasteiger charge is -2.32. The molecule has 0 unspecified atom stereocenters. The van der Waals surface area contributed by atoms with Crippen molar-refractivity contribution in [1.82, 2.24) is 24.5 Å². The third-order valence-electron chi connectivity index (χ3n) is 11.7. The van der Waals surface area contributed by atoms with Crippen molar-refractivity contribution in [2.45, 2.75) is 45.8 Å². The molecule has 0 aromatic heterocycles. The summed E-state index contributed by atoms with van der Waals surface area (Å²) >= 11 is 0. The maximum absolute atomic E-state index is 2.70. The minimum absolute atomic E-state index is 0.931. The Morgan fingerprint density at radius 1 is 0.161 bits per heavy atom. The van der Waals surface area contributed by atoms with Crippen LogP contribution in [0.25, 0.3) is 0 Å². The maximum Gasteiger partial charge on any atom is 0.0237 e. The minimum atomic E-state index is 0.931. The van der Waals surface area contributed by atoms with Gasteiger partial charge in [0.15, 0.2) is 0 Å². The van der Waals surface area contributed by atoms with Crippen molar-refractivity contribution in [2.75, 3.05) is 52.4 Å². The number of rotatable bonds is 26. The molecule has 0 fully saturated rings. The zero-order valence-corrected chi connectivity index (χ0v) is 36.5. The standard InChI is InChI=1S/C57H65N5/c1-8-22-51(23-9-1)44-58(36-38-59(45-52-24-10-2-11-25-52)40-42-61(47-54-28-14-4-15-29-54)48-55-30-16-5-17-31-55)37-39-60(46-53-26-12-3-13-27-53)41-43-62(49-56-32-18-6-19-33-56)50-57-34-20-7-21-35-57/h1-35H,36-50H2. The van der Waals surface area contributed by atoms with E-state index in [0.29, 0.717) is 0 Å². The summed E-state index contributed by atoms with van der Waals surface area (Å²) in [5.41, 5.74) is 9.52.